The van der Waals surface area contributed by atoms with Crippen molar-refractivity contribution in [1.82, 2.24) is 10.2 Å². The Kier molecular flexibility index (Phi) is 7.43. The summed E-state index contributed by atoms with van der Waals surface area (Å²) < 4.78 is 5.56. The molecule has 0 aromatic heterocycles. The lowest BCUT2D eigenvalue weighted by atomic mass is 10.0. The van der Waals surface area contributed by atoms with Crippen molar-refractivity contribution in [3.05, 3.63) is 60.2 Å². The maximum atomic E-state index is 12.8. The average molecular weight is 409 g/mol. The molecule has 3 rings (SSSR count). The SMILES string of the molecule is CC(=O)Nc1cccc(C(=O)N2CCC(NC(=O)CCOc3ccccc3)CC2)c1. The van der Waals surface area contributed by atoms with Crippen molar-refractivity contribution in [2.75, 3.05) is 25.0 Å². The van der Waals surface area contributed by atoms with E-state index in [0.29, 0.717) is 50.2 Å². The number of nitrogens with zero attached hydrogens (tertiary/aromatic N) is 1. The molecule has 1 aliphatic heterocycles. The Morgan fingerprint density at radius 3 is 2.47 bits per heavy atom. The zero-order valence-corrected chi connectivity index (χ0v) is 17.1. The van der Waals surface area contributed by atoms with E-state index >= 15 is 0 Å². The number of para-hydroxylation sites is 1. The Hall–Kier alpha value is -3.35. The van der Waals surface area contributed by atoms with Crippen LogP contribution < -0.4 is 15.4 Å². The number of carbonyl (C=O) groups excluding carboxylic acids is 3. The van der Waals surface area contributed by atoms with Gasteiger partial charge in [-0.2, -0.15) is 0 Å². The molecule has 0 radical (unpaired) electrons. The molecule has 1 aliphatic rings. The van der Waals surface area contributed by atoms with Crippen LogP contribution in [0.5, 0.6) is 5.75 Å². The van der Waals surface area contributed by atoms with Gasteiger partial charge in [-0.25, -0.2) is 0 Å². The molecule has 30 heavy (non-hydrogen) atoms. The van der Waals surface area contributed by atoms with Gasteiger partial charge < -0.3 is 20.3 Å². The number of nitrogens with one attached hydrogen (secondary N) is 2. The molecule has 0 saturated carbocycles. The van der Waals surface area contributed by atoms with E-state index in [-0.39, 0.29) is 23.8 Å². The number of amides is 3. The number of rotatable bonds is 7. The van der Waals surface area contributed by atoms with Gasteiger partial charge in [0, 0.05) is 37.3 Å². The topological polar surface area (TPSA) is 87.7 Å². The molecule has 3 amide bonds. The molecule has 0 spiro atoms. The highest BCUT2D eigenvalue weighted by atomic mass is 16.5. The summed E-state index contributed by atoms with van der Waals surface area (Å²) in [5.41, 5.74) is 1.15. The third kappa shape index (κ3) is 6.34. The highest BCUT2D eigenvalue weighted by Crippen LogP contribution is 2.17. The third-order valence-electron chi connectivity index (χ3n) is 4.92. The molecule has 0 unspecified atom stereocenters. The summed E-state index contributed by atoms with van der Waals surface area (Å²) in [6.45, 7) is 2.92. The van der Waals surface area contributed by atoms with E-state index in [0.717, 1.165) is 5.75 Å². The van der Waals surface area contributed by atoms with Gasteiger partial charge in [-0.15, -0.1) is 0 Å². The maximum Gasteiger partial charge on any atom is 0.253 e. The van der Waals surface area contributed by atoms with Crippen molar-refractivity contribution in [2.24, 2.45) is 0 Å². The van der Waals surface area contributed by atoms with Gasteiger partial charge >= 0.3 is 0 Å². The van der Waals surface area contributed by atoms with Gasteiger partial charge in [-0.3, -0.25) is 14.4 Å². The number of piperidine rings is 1. The summed E-state index contributed by atoms with van der Waals surface area (Å²) in [5.74, 6) is 0.465. The first-order chi connectivity index (χ1) is 14.5. The first kappa shape index (κ1) is 21.4. The second-order valence-corrected chi connectivity index (χ2v) is 7.31. The highest BCUT2D eigenvalue weighted by Gasteiger charge is 2.24. The van der Waals surface area contributed by atoms with E-state index in [1.54, 1.807) is 29.2 Å². The summed E-state index contributed by atoms with van der Waals surface area (Å²) in [6.07, 6.45) is 1.72. The fourth-order valence-corrected chi connectivity index (χ4v) is 3.42. The first-order valence-electron chi connectivity index (χ1n) is 10.2. The lowest BCUT2D eigenvalue weighted by molar-refractivity contribution is -0.122. The second-order valence-electron chi connectivity index (χ2n) is 7.31. The summed E-state index contributed by atoms with van der Waals surface area (Å²) in [5, 5.41) is 5.72. The van der Waals surface area contributed by atoms with E-state index in [9.17, 15) is 14.4 Å². The summed E-state index contributed by atoms with van der Waals surface area (Å²) in [4.78, 5) is 37.9. The van der Waals surface area contributed by atoms with Crippen molar-refractivity contribution in [3.8, 4) is 5.75 Å². The number of benzene rings is 2. The van der Waals surface area contributed by atoms with E-state index in [4.69, 9.17) is 4.74 Å². The Bertz CT molecular complexity index is 877. The van der Waals surface area contributed by atoms with Crippen LogP contribution in [0.15, 0.2) is 54.6 Å². The van der Waals surface area contributed by atoms with Gasteiger partial charge in [-0.05, 0) is 43.2 Å². The van der Waals surface area contributed by atoms with Gasteiger partial charge in [0.2, 0.25) is 11.8 Å². The molecule has 7 nitrogen and oxygen atoms in total. The predicted octanol–water partition coefficient (Wildman–Crippen LogP) is 2.83. The molecule has 0 bridgehead atoms. The van der Waals surface area contributed by atoms with E-state index in [2.05, 4.69) is 10.6 Å². The number of hydrogen-bond acceptors (Lipinski definition) is 4. The number of likely N-dealkylation sites (tertiary alicyclic amines) is 1. The maximum absolute atomic E-state index is 12.8. The van der Waals surface area contributed by atoms with Crippen LogP contribution in [0.25, 0.3) is 0 Å². The molecular weight excluding hydrogens is 382 g/mol. The van der Waals surface area contributed by atoms with Crippen LogP contribution in [0, 0.1) is 0 Å². The highest BCUT2D eigenvalue weighted by molar-refractivity contribution is 5.96. The molecule has 2 N–H and O–H groups in total. The van der Waals surface area contributed by atoms with Crippen LogP contribution in [-0.4, -0.2) is 48.4 Å². The minimum absolute atomic E-state index is 0.0429. The van der Waals surface area contributed by atoms with Gasteiger partial charge in [0.05, 0.1) is 13.0 Å². The zero-order valence-electron chi connectivity index (χ0n) is 17.1. The average Bonchev–Trinajstić information content (AvgIpc) is 2.74. The summed E-state index contributed by atoms with van der Waals surface area (Å²) in [7, 11) is 0. The Morgan fingerprint density at radius 2 is 1.77 bits per heavy atom. The first-order valence-corrected chi connectivity index (χ1v) is 10.2. The molecule has 0 aliphatic carbocycles. The fourth-order valence-electron chi connectivity index (χ4n) is 3.42. The van der Waals surface area contributed by atoms with Gasteiger partial charge in [-0.1, -0.05) is 24.3 Å². The van der Waals surface area contributed by atoms with Crippen LogP contribution >= 0.6 is 0 Å². The fraction of sp³-hybridized carbons (Fsp3) is 0.348. The Morgan fingerprint density at radius 1 is 1.03 bits per heavy atom. The largest absolute Gasteiger partial charge is 0.493 e. The smallest absolute Gasteiger partial charge is 0.253 e. The third-order valence-corrected chi connectivity index (χ3v) is 4.92. The van der Waals surface area contributed by atoms with Crippen LogP contribution in [0.4, 0.5) is 5.69 Å². The molecule has 158 valence electrons. The van der Waals surface area contributed by atoms with Gasteiger partial charge in [0.1, 0.15) is 5.75 Å². The van der Waals surface area contributed by atoms with Crippen molar-refractivity contribution < 1.29 is 19.1 Å². The van der Waals surface area contributed by atoms with Crippen molar-refractivity contribution >= 4 is 23.4 Å². The van der Waals surface area contributed by atoms with Crippen LogP contribution in [0.3, 0.4) is 0 Å². The molecule has 1 saturated heterocycles. The van der Waals surface area contributed by atoms with Crippen molar-refractivity contribution in [3.63, 3.8) is 0 Å². The Balaban J connectivity index is 1.41. The van der Waals surface area contributed by atoms with E-state index in [1.165, 1.54) is 6.92 Å². The normalized spacial score (nSPS) is 14.1. The van der Waals surface area contributed by atoms with Crippen molar-refractivity contribution in [1.29, 1.82) is 0 Å². The number of carbonyl (C=O) groups is 3. The minimum atomic E-state index is -0.176. The second kappa shape index (κ2) is 10.4. The quantitative estimate of drug-likeness (QED) is 0.736. The Labute approximate surface area is 176 Å². The van der Waals surface area contributed by atoms with E-state index in [1.807, 2.05) is 30.3 Å². The lowest BCUT2D eigenvalue weighted by Gasteiger charge is -2.32. The van der Waals surface area contributed by atoms with Gasteiger partial charge in [0.15, 0.2) is 0 Å². The molecule has 0 atom stereocenters. The predicted molar refractivity (Wildman–Crippen MR) is 114 cm³/mol. The van der Waals surface area contributed by atoms with Crippen LogP contribution in [0.2, 0.25) is 0 Å². The number of hydrogen-bond donors (Lipinski definition) is 2. The minimum Gasteiger partial charge on any atom is -0.493 e. The molecule has 2 aromatic carbocycles. The lowest BCUT2D eigenvalue weighted by Crippen LogP contribution is -2.46. The van der Waals surface area contributed by atoms with Crippen LogP contribution in [-0.2, 0) is 9.59 Å². The monoisotopic (exact) mass is 409 g/mol. The number of ether oxygens (including phenoxy) is 1. The molecule has 7 heteroatoms. The summed E-state index contributed by atoms with van der Waals surface area (Å²) in [6, 6.07) is 16.4. The van der Waals surface area contributed by atoms with Gasteiger partial charge in [0.25, 0.3) is 5.91 Å². The molecule has 1 heterocycles. The summed E-state index contributed by atoms with van der Waals surface area (Å²) >= 11 is 0. The molecule has 1 fully saturated rings. The standard InChI is InChI=1S/C23H27N3O4/c1-17(27)24-20-7-5-6-18(16-20)23(29)26-13-10-19(11-14-26)25-22(28)12-15-30-21-8-3-2-4-9-21/h2-9,16,19H,10-15H2,1H3,(H,24,27)(H,25,28). The van der Waals surface area contributed by atoms with E-state index < -0.39 is 0 Å². The zero-order chi connectivity index (χ0) is 21.3. The number of anilines is 1. The molecular formula is C23H27N3O4. The van der Waals surface area contributed by atoms with Crippen LogP contribution in [0.1, 0.15) is 36.5 Å². The molecule has 2 aromatic rings. The van der Waals surface area contributed by atoms with Crippen molar-refractivity contribution in [2.45, 2.75) is 32.2 Å².